The van der Waals surface area contributed by atoms with E-state index in [1.54, 1.807) is 13.8 Å². The molecule has 4 rings (SSSR count). The molecule has 222 valence electrons. The van der Waals surface area contributed by atoms with Gasteiger partial charge < -0.3 is 9.84 Å². The molecule has 4 aliphatic carbocycles. The van der Waals surface area contributed by atoms with Crippen LogP contribution in [-0.4, -0.2) is 58.6 Å². The van der Waals surface area contributed by atoms with E-state index >= 15 is 0 Å². The normalized spacial score (nSPS) is 31.6. The summed E-state index contributed by atoms with van der Waals surface area (Å²) in [4.78, 5) is 12.5. The summed E-state index contributed by atoms with van der Waals surface area (Å²) in [5, 5.41) is 9.88. The molecule has 16 heteroatoms. The van der Waals surface area contributed by atoms with Gasteiger partial charge >= 0.3 is 41.8 Å². The van der Waals surface area contributed by atoms with E-state index in [-0.39, 0.29) is 11.8 Å². The van der Waals surface area contributed by atoms with E-state index in [2.05, 4.69) is 0 Å². The van der Waals surface area contributed by atoms with Crippen molar-refractivity contribution in [1.29, 1.82) is 0 Å². The van der Waals surface area contributed by atoms with Crippen LogP contribution in [0.5, 0.6) is 0 Å². The molecule has 4 saturated carbocycles. The van der Waals surface area contributed by atoms with Gasteiger partial charge in [0.1, 0.15) is 5.60 Å². The van der Waals surface area contributed by atoms with E-state index in [1.807, 2.05) is 0 Å². The number of hydrogen-bond donors (Lipinski definition) is 1. The minimum absolute atomic E-state index is 0.288. The van der Waals surface area contributed by atoms with Crippen molar-refractivity contribution >= 4 is 5.97 Å². The van der Waals surface area contributed by atoms with E-state index in [4.69, 9.17) is 4.74 Å². The van der Waals surface area contributed by atoms with Crippen LogP contribution in [0, 0.1) is 29.6 Å². The summed E-state index contributed by atoms with van der Waals surface area (Å²) in [6, 6.07) is 0. The largest absolute Gasteiger partial charge is 0.460 e. The van der Waals surface area contributed by atoms with Crippen LogP contribution in [0.15, 0.2) is 0 Å². The Morgan fingerprint density at radius 3 is 1.50 bits per heavy atom. The first kappa shape index (κ1) is 31.1. The lowest BCUT2D eigenvalue weighted by Crippen LogP contribution is -2.70. The van der Waals surface area contributed by atoms with Crippen molar-refractivity contribution in [3.63, 3.8) is 0 Å². The summed E-state index contributed by atoms with van der Waals surface area (Å²) < 4.78 is 179. The molecule has 3 nitrogen and oxygen atoms in total. The van der Waals surface area contributed by atoms with Gasteiger partial charge in [0.2, 0.25) is 0 Å². The van der Waals surface area contributed by atoms with Crippen molar-refractivity contribution in [2.75, 3.05) is 0 Å². The molecule has 0 amide bonds. The number of esters is 1. The second kappa shape index (κ2) is 9.02. The van der Waals surface area contributed by atoms with Crippen LogP contribution in [0.1, 0.15) is 52.4 Å². The van der Waals surface area contributed by atoms with Gasteiger partial charge in [-0.2, -0.15) is 57.1 Å². The summed E-state index contributed by atoms with van der Waals surface area (Å²) in [5.74, 6) is -40.4. The lowest BCUT2D eigenvalue weighted by Gasteiger charge is -2.62. The Kier molecular flexibility index (Phi) is 7.37. The van der Waals surface area contributed by atoms with Gasteiger partial charge in [-0.05, 0) is 61.7 Å². The first-order valence-corrected chi connectivity index (χ1v) is 11.7. The van der Waals surface area contributed by atoms with Gasteiger partial charge in [-0.1, -0.05) is 13.8 Å². The Hall–Kier alpha value is -1.48. The van der Waals surface area contributed by atoms with Crippen molar-refractivity contribution in [3.05, 3.63) is 0 Å². The van der Waals surface area contributed by atoms with Gasteiger partial charge in [-0.15, -0.1) is 0 Å². The Morgan fingerprint density at radius 1 is 0.737 bits per heavy atom. The summed E-state index contributed by atoms with van der Waals surface area (Å²) in [5.41, 5.74) is -1.32. The van der Waals surface area contributed by atoms with E-state index < -0.39 is 65.8 Å². The molecule has 0 heterocycles. The molecule has 0 spiro atoms. The minimum Gasteiger partial charge on any atom is -0.456 e. The third-order valence-electron chi connectivity index (χ3n) is 8.31. The molecule has 1 unspecified atom stereocenters. The molecule has 0 aliphatic heterocycles. The number of alkyl halides is 13. The summed E-state index contributed by atoms with van der Waals surface area (Å²) in [6.45, 7) is 3.24. The lowest BCUT2D eigenvalue weighted by atomic mass is 9.47. The fraction of sp³-hybridized carbons (Fsp3) is 0.955. The van der Waals surface area contributed by atoms with Crippen LogP contribution >= 0.6 is 0 Å². The van der Waals surface area contributed by atoms with Crippen LogP contribution in [0.4, 0.5) is 57.1 Å². The van der Waals surface area contributed by atoms with Crippen molar-refractivity contribution < 1.29 is 71.7 Å². The second-order valence-electron chi connectivity index (χ2n) is 11.0. The highest BCUT2D eigenvalue weighted by molar-refractivity contribution is 5.75. The molecule has 1 N–H and O–H groups in total. The molecule has 0 aromatic heterocycles. The highest BCUT2D eigenvalue weighted by Gasteiger charge is 2.90. The van der Waals surface area contributed by atoms with Crippen LogP contribution < -0.4 is 0 Å². The molecule has 0 radical (unpaired) electrons. The maximum absolute atomic E-state index is 14.2. The van der Waals surface area contributed by atoms with Gasteiger partial charge in [-0.3, -0.25) is 0 Å². The number of aliphatic hydroxyl groups excluding tert-OH is 1. The molecule has 1 atom stereocenters. The summed E-state index contributed by atoms with van der Waals surface area (Å²) in [6.07, 6.45) is -10.6. The fourth-order valence-electron chi connectivity index (χ4n) is 6.65. The Morgan fingerprint density at radius 2 is 1.13 bits per heavy atom. The second-order valence-corrected chi connectivity index (χ2v) is 11.0. The molecule has 4 fully saturated rings. The van der Waals surface area contributed by atoms with Gasteiger partial charge in [0.15, 0.2) is 6.10 Å². The van der Waals surface area contributed by atoms with E-state index in [1.165, 1.54) is 0 Å². The molecule has 4 aliphatic rings. The number of carbonyl (C=O) groups is 1. The zero-order valence-electron chi connectivity index (χ0n) is 19.9. The SMILES string of the molecule is CC(C)C1(OC(=O)C(O)CC(F)(F)C(F)(F)C(F)(F)C(F)(F)C(F)(F)C(F)(F)F)C2CC3CC(C2)CC1C3. The van der Waals surface area contributed by atoms with Crippen LogP contribution in [-0.2, 0) is 9.53 Å². The van der Waals surface area contributed by atoms with Crippen molar-refractivity contribution in [2.45, 2.75) is 99.9 Å². The highest BCUT2D eigenvalue weighted by Crippen LogP contribution is 2.63. The van der Waals surface area contributed by atoms with E-state index in [0.717, 1.165) is 6.42 Å². The molecule has 0 saturated heterocycles. The van der Waals surface area contributed by atoms with Gasteiger partial charge in [0.05, 0.1) is 6.42 Å². The van der Waals surface area contributed by atoms with Crippen LogP contribution in [0.3, 0.4) is 0 Å². The zero-order valence-corrected chi connectivity index (χ0v) is 19.9. The average molecular weight is 584 g/mol. The third kappa shape index (κ3) is 4.25. The van der Waals surface area contributed by atoms with Gasteiger partial charge in [-0.25, -0.2) is 4.79 Å². The van der Waals surface area contributed by atoms with Gasteiger partial charge in [0.25, 0.3) is 0 Å². The number of carbonyl (C=O) groups excluding carboxylic acids is 1. The molecular formula is C22H25F13O3. The first-order valence-electron chi connectivity index (χ1n) is 11.7. The van der Waals surface area contributed by atoms with Crippen molar-refractivity contribution in [3.8, 4) is 0 Å². The van der Waals surface area contributed by atoms with E-state index in [0.29, 0.717) is 37.5 Å². The smallest absolute Gasteiger partial charge is 0.456 e. The monoisotopic (exact) mass is 584 g/mol. The summed E-state index contributed by atoms with van der Waals surface area (Å²) in [7, 11) is 0. The number of rotatable bonds is 9. The Bertz CT molecular complexity index is 885. The number of ether oxygens (including phenoxy) is 1. The third-order valence-corrected chi connectivity index (χ3v) is 8.31. The van der Waals surface area contributed by atoms with Crippen molar-refractivity contribution in [2.24, 2.45) is 29.6 Å². The summed E-state index contributed by atoms with van der Waals surface area (Å²) >= 11 is 0. The lowest BCUT2D eigenvalue weighted by molar-refractivity contribution is -0.440. The molecule has 4 bridgehead atoms. The molecule has 38 heavy (non-hydrogen) atoms. The highest BCUT2D eigenvalue weighted by atomic mass is 19.4. The Labute approximate surface area is 208 Å². The van der Waals surface area contributed by atoms with Crippen molar-refractivity contribution in [1.82, 2.24) is 0 Å². The zero-order chi connectivity index (χ0) is 29.5. The number of aliphatic hydroxyl groups is 1. The van der Waals surface area contributed by atoms with E-state index in [9.17, 15) is 67.0 Å². The predicted octanol–water partition coefficient (Wildman–Crippen LogP) is 6.87. The number of halogens is 13. The maximum Gasteiger partial charge on any atom is 0.460 e. The minimum atomic E-state index is -8.04. The predicted molar refractivity (Wildman–Crippen MR) is 102 cm³/mol. The van der Waals surface area contributed by atoms with Crippen LogP contribution in [0.25, 0.3) is 0 Å². The Balaban J connectivity index is 1.83. The quantitative estimate of drug-likeness (QED) is 0.238. The number of hydrogen-bond acceptors (Lipinski definition) is 3. The molecule has 0 aromatic rings. The topological polar surface area (TPSA) is 46.5 Å². The van der Waals surface area contributed by atoms with Gasteiger partial charge in [0, 0.05) is 0 Å². The standard InChI is InChI=1S/C22H25F13O3/c1-9(2)17(12-4-10-3-11(6-12)7-13(17)5-10)38-15(37)14(36)8-16(23,24)18(25,26)19(27,28)20(29,30)21(31,32)22(33,34)35/h9-14,36H,3-8H2,1-2H3. The maximum atomic E-state index is 14.2. The van der Waals surface area contributed by atoms with Crippen LogP contribution in [0.2, 0.25) is 0 Å². The molecule has 0 aromatic carbocycles. The average Bonchev–Trinajstić information content (AvgIpc) is 2.73. The first-order chi connectivity index (χ1) is 16.9. The fourth-order valence-corrected chi connectivity index (χ4v) is 6.65. The molecular weight excluding hydrogens is 559 g/mol.